The van der Waals surface area contributed by atoms with Crippen LogP contribution in [-0.4, -0.2) is 41.0 Å². The van der Waals surface area contributed by atoms with Crippen LogP contribution in [0.5, 0.6) is 0 Å². The first-order valence-electron chi connectivity index (χ1n) is 7.36. The zero-order chi connectivity index (χ0) is 16.1. The van der Waals surface area contributed by atoms with Gasteiger partial charge in [0.15, 0.2) is 0 Å². The Labute approximate surface area is 130 Å². The Kier molecular flexibility index (Phi) is 5.18. The molecule has 1 unspecified atom stereocenters. The number of piperidine rings is 1. The smallest absolute Gasteiger partial charge is 0.313 e. The summed E-state index contributed by atoms with van der Waals surface area (Å²) < 4.78 is 0. The van der Waals surface area contributed by atoms with Crippen molar-refractivity contribution in [2.75, 3.05) is 18.4 Å². The number of nitrogens with zero attached hydrogens (tertiary/aromatic N) is 1. The number of carbonyl (C=O) groups excluding carboxylic acids is 2. The lowest BCUT2D eigenvalue weighted by Gasteiger charge is -2.32. The number of rotatable bonds is 2. The van der Waals surface area contributed by atoms with Gasteiger partial charge in [-0.15, -0.1) is 6.42 Å². The SMILES string of the molecule is C#Cc1cccc(NC(=O)C(=O)N2CCC(C(C)O)CC2)c1. The molecule has 0 radical (unpaired) electrons. The van der Waals surface area contributed by atoms with Gasteiger partial charge >= 0.3 is 11.8 Å². The van der Waals surface area contributed by atoms with E-state index in [1.165, 1.54) is 4.90 Å². The molecule has 2 amide bonds. The van der Waals surface area contributed by atoms with Crippen molar-refractivity contribution in [3.63, 3.8) is 0 Å². The second-order valence-electron chi connectivity index (χ2n) is 5.55. The van der Waals surface area contributed by atoms with Gasteiger partial charge in [0.25, 0.3) is 0 Å². The van der Waals surface area contributed by atoms with Crippen molar-refractivity contribution in [3.05, 3.63) is 29.8 Å². The van der Waals surface area contributed by atoms with Crippen LogP contribution in [0.25, 0.3) is 0 Å². The molecule has 0 aromatic heterocycles. The summed E-state index contributed by atoms with van der Waals surface area (Å²) in [5, 5.41) is 12.1. The Morgan fingerprint density at radius 3 is 2.68 bits per heavy atom. The molecule has 116 valence electrons. The van der Waals surface area contributed by atoms with E-state index < -0.39 is 11.8 Å². The molecule has 2 rings (SSSR count). The number of amides is 2. The number of nitrogens with one attached hydrogen (secondary N) is 1. The van der Waals surface area contributed by atoms with Crippen LogP contribution in [0.2, 0.25) is 0 Å². The van der Waals surface area contributed by atoms with Crippen LogP contribution in [0, 0.1) is 18.3 Å². The second kappa shape index (κ2) is 7.10. The first kappa shape index (κ1) is 16.1. The van der Waals surface area contributed by atoms with E-state index in [0.29, 0.717) is 37.2 Å². The van der Waals surface area contributed by atoms with Gasteiger partial charge in [-0.2, -0.15) is 0 Å². The molecule has 1 aliphatic heterocycles. The van der Waals surface area contributed by atoms with Crippen LogP contribution in [0.1, 0.15) is 25.3 Å². The number of aliphatic hydroxyl groups is 1. The van der Waals surface area contributed by atoms with Crippen molar-refractivity contribution in [3.8, 4) is 12.3 Å². The van der Waals surface area contributed by atoms with Crippen LogP contribution in [0.3, 0.4) is 0 Å². The number of aliphatic hydroxyl groups excluding tert-OH is 1. The molecule has 1 aliphatic rings. The van der Waals surface area contributed by atoms with Gasteiger partial charge in [-0.1, -0.05) is 12.0 Å². The Morgan fingerprint density at radius 1 is 1.41 bits per heavy atom. The molecule has 1 atom stereocenters. The van der Waals surface area contributed by atoms with Gasteiger partial charge in [0.2, 0.25) is 0 Å². The summed E-state index contributed by atoms with van der Waals surface area (Å²) in [4.78, 5) is 25.7. The average Bonchev–Trinajstić information content (AvgIpc) is 2.54. The molecule has 22 heavy (non-hydrogen) atoms. The minimum atomic E-state index is -0.662. The molecular weight excluding hydrogens is 280 g/mol. The van der Waals surface area contributed by atoms with Gasteiger partial charge < -0.3 is 15.3 Å². The van der Waals surface area contributed by atoms with E-state index in [1.807, 2.05) is 0 Å². The number of anilines is 1. The van der Waals surface area contributed by atoms with Crippen LogP contribution in [0.4, 0.5) is 5.69 Å². The lowest BCUT2D eigenvalue weighted by molar-refractivity contribution is -0.144. The summed E-state index contributed by atoms with van der Waals surface area (Å²) in [5.41, 5.74) is 1.15. The minimum absolute atomic E-state index is 0.194. The highest BCUT2D eigenvalue weighted by atomic mass is 16.3. The second-order valence-corrected chi connectivity index (χ2v) is 5.55. The molecule has 0 spiro atoms. The maximum Gasteiger partial charge on any atom is 0.313 e. The van der Waals surface area contributed by atoms with Crippen molar-refractivity contribution >= 4 is 17.5 Å². The summed E-state index contributed by atoms with van der Waals surface area (Å²) in [7, 11) is 0. The molecule has 1 fully saturated rings. The zero-order valence-electron chi connectivity index (χ0n) is 12.6. The van der Waals surface area contributed by atoms with Crippen LogP contribution in [-0.2, 0) is 9.59 Å². The average molecular weight is 300 g/mol. The van der Waals surface area contributed by atoms with Gasteiger partial charge in [0.1, 0.15) is 0 Å². The van der Waals surface area contributed by atoms with E-state index in [-0.39, 0.29) is 12.0 Å². The number of terminal acetylenes is 1. The first-order chi connectivity index (χ1) is 10.5. The molecule has 1 aromatic carbocycles. The summed E-state index contributed by atoms with van der Waals surface area (Å²) in [6, 6.07) is 6.80. The van der Waals surface area contributed by atoms with Crippen LogP contribution in [0.15, 0.2) is 24.3 Å². The minimum Gasteiger partial charge on any atom is -0.393 e. The molecule has 5 heteroatoms. The third kappa shape index (κ3) is 3.86. The number of likely N-dealkylation sites (tertiary alicyclic amines) is 1. The van der Waals surface area contributed by atoms with E-state index in [4.69, 9.17) is 6.42 Å². The van der Waals surface area contributed by atoms with E-state index in [9.17, 15) is 14.7 Å². The predicted molar refractivity (Wildman–Crippen MR) is 84.0 cm³/mol. The fourth-order valence-corrected chi connectivity index (χ4v) is 2.60. The molecule has 1 saturated heterocycles. The molecular formula is C17H20N2O3. The van der Waals surface area contributed by atoms with Crippen molar-refractivity contribution < 1.29 is 14.7 Å². The lowest BCUT2D eigenvalue weighted by Crippen LogP contribution is -2.45. The van der Waals surface area contributed by atoms with E-state index in [2.05, 4.69) is 11.2 Å². The molecule has 2 N–H and O–H groups in total. The summed E-state index contributed by atoms with van der Waals surface area (Å²) in [6.07, 6.45) is 6.35. The maximum atomic E-state index is 12.1. The van der Waals surface area contributed by atoms with Gasteiger partial charge in [0.05, 0.1) is 6.10 Å². The standard InChI is InChI=1S/C17H20N2O3/c1-3-13-5-4-6-15(11-13)18-16(21)17(22)19-9-7-14(8-10-19)12(2)20/h1,4-6,11-12,14,20H,7-10H2,2H3,(H,18,21). The van der Waals surface area contributed by atoms with Gasteiger partial charge in [0, 0.05) is 24.3 Å². The summed E-state index contributed by atoms with van der Waals surface area (Å²) >= 11 is 0. The van der Waals surface area contributed by atoms with Gasteiger partial charge in [-0.25, -0.2) is 0 Å². The highest BCUT2D eigenvalue weighted by Crippen LogP contribution is 2.20. The Morgan fingerprint density at radius 2 is 2.09 bits per heavy atom. The Hall–Kier alpha value is -2.32. The largest absolute Gasteiger partial charge is 0.393 e. The maximum absolute atomic E-state index is 12.1. The van der Waals surface area contributed by atoms with Crippen LogP contribution < -0.4 is 5.32 Å². The molecule has 5 nitrogen and oxygen atoms in total. The number of hydrogen-bond acceptors (Lipinski definition) is 3. The Bertz CT molecular complexity index is 596. The topological polar surface area (TPSA) is 69.6 Å². The molecule has 1 heterocycles. The zero-order valence-corrected chi connectivity index (χ0v) is 12.6. The normalized spacial score (nSPS) is 16.7. The van der Waals surface area contributed by atoms with E-state index >= 15 is 0 Å². The highest BCUT2D eigenvalue weighted by Gasteiger charge is 2.28. The van der Waals surface area contributed by atoms with Gasteiger partial charge in [-0.3, -0.25) is 9.59 Å². The van der Waals surface area contributed by atoms with Crippen molar-refractivity contribution in [1.29, 1.82) is 0 Å². The van der Waals surface area contributed by atoms with E-state index in [1.54, 1.807) is 31.2 Å². The van der Waals surface area contributed by atoms with Crippen molar-refractivity contribution in [2.45, 2.75) is 25.9 Å². The fraction of sp³-hybridized carbons (Fsp3) is 0.412. The monoisotopic (exact) mass is 300 g/mol. The third-order valence-electron chi connectivity index (χ3n) is 3.99. The molecule has 0 bridgehead atoms. The number of carbonyl (C=O) groups is 2. The van der Waals surface area contributed by atoms with Crippen molar-refractivity contribution in [2.24, 2.45) is 5.92 Å². The highest BCUT2D eigenvalue weighted by molar-refractivity contribution is 6.39. The van der Waals surface area contributed by atoms with E-state index in [0.717, 1.165) is 0 Å². The number of hydrogen-bond donors (Lipinski definition) is 2. The van der Waals surface area contributed by atoms with Crippen LogP contribution >= 0.6 is 0 Å². The lowest BCUT2D eigenvalue weighted by atomic mass is 9.92. The predicted octanol–water partition coefficient (Wildman–Crippen LogP) is 1.23. The first-order valence-corrected chi connectivity index (χ1v) is 7.36. The quantitative estimate of drug-likeness (QED) is 0.637. The summed E-state index contributed by atoms with van der Waals surface area (Å²) in [6.45, 7) is 2.74. The third-order valence-corrected chi connectivity index (χ3v) is 3.99. The Balaban J connectivity index is 1.93. The molecule has 1 aromatic rings. The summed E-state index contributed by atoms with van der Waals surface area (Å²) in [5.74, 6) is 1.46. The van der Waals surface area contributed by atoms with Gasteiger partial charge in [-0.05, 0) is 43.9 Å². The molecule has 0 aliphatic carbocycles. The van der Waals surface area contributed by atoms with Crippen molar-refractivity contribution in [1.82, 2.24) is 4.90 Å². The fourth-order valence-electron chi connectivity index (χ4n) is 2.60. The number of benzene rings is 1. The molecule has 0 saturated carbocycles.